The van der Waals surface area contributed by atoms with Crippen LogP contribution in [0, 0.1) is 10.1 Å². The van der Waals surface area contributed by atoms with Crippen molar-refractivity contribution in [3.63, 3.8) is 0 Å². The van der Waals surface area contributed by atoms with Gasteiger partial charge in [0.2, 0.25) is 10.0 Å². The van der Waals surface area contributed by atoms with Crippen LogP contribution in [0.1, 0.15) is 17.0 Å². The van der Waals surface area contributed by atoms with Crippen molar-refractivity contribution >= 4 is 27.3 Å². The normalized spacial score (nSPS) is 18.3. The number of fused-ring (bicyclic) bond motifs is 1. The predicted molar refractivity (Wildman–Crippen MR) is 112 cm³/mol. The lowest BCUT2D eigenvalue weighted by molar-refractivity contribution is -0.384. The van der Waals surface area contributed by atoms with Gasteiger partial charge in [-0.25, -0.2) is 13.1 Å². The lowest BCUT2D eigenvalue weighted by Gasteiger charge is -2.34. The second-order valence-corrected chi connectivity index (χ2v) is 9.01. The number of nitro groups is 1. The van der Waals surface area contributed by atoms with E-state index in [1.807, 2.05) is 36.4 Å². The van der Waals surface area contributed by atoms with Gasteiger partial charge in [0, 0.05) is 28.6 Å². The summed E-state index contributed by atoms with van der Waals surface area (Å²) in [5, 5.41) is 11.4. The minimum atomic E-state index is -3.93. The van der Waals surface area contributed by atoms with E-state index in [2.05, 4.69) is 4.72 Å². The highest BCUT2D eigenvalue weighted by Gasteiger charge is 2.35. The number of rotatable bonds is 5. The Balaban J connectivity index is 1.69. The molecule has 1 aliphatic heterocycles. The van der Waals surface area contributed by atoms with E-state index < -0.39 is 21.0 Å². The highest BCUT2D eigenvalue weighted by molar-refractivity contribution is 7.89. The van der Waals surface area contributed by atoms with E-state index in [1.165, 1.54) is 12.1 Å². The van der Waals surface area contributed by atoms with E-state index >= 15 is 0 Å². The van der Waals surface area contributed by atoms with E-state index in [0.717, 1.165) is 23.3 Å². The number of hydrogen-bond acceptors (Lipinski definition) is 5. The summed E-state index contributed by atoms with van der Waals surface area (Å²) in [6.45, 7) is 0.135. The molecular weight excluding hydrogens is 428 g/mol. The minimum absolute atomic E-state index is 0.0539. The molecule has 0 saturated carbocycles. The Morgan fingerprint density at radius 2 is 1.67 bits per heavy atom. The maximum atomic E-state index is 13.0. The number of para-hydroxylation sites is 1. The lowest BCUT2D eigenvalue weighted by atomic mass is 9.84. The van der Waals surface area contributed by atoms with E-state index in [9.17, 15) is 18.5 Å². The molecule has 7 nitrogen and oxygen atoms in total. The van der Waals surface area contributed by atoms with Crippen molar-refractivity contribution in [2.45, 2.75) is 16.9 Å². The Bertz CT molecular complexity index is 1180. The average molecular weight is 445 g/mol. The maximum Gasteiger partial charge on any atom is 0.269 e. The van der Waals surface area contributed by atoms with Crippen molar-refractivity contribution in [1.29, 1.82) is 0 Å². The highest BCUT2D eigenvalue weighted by atomic mass is 35.5. The van der Waals surface area contributed by atoms with Gasteiger partial charge in [-0.3, -0.25) is 10.1 Å². The number of nitrogens with one attached hydrogen (secondary N) is 1. The third kappa shape index (κ3) is 4.02. The fourth-order valence-corrected chi connectivity index (χ4v) is 4.92. The molecule has 0 spiro atoms. The third-order valence-electron chi connectivity index (χ3n) is 4.97. The fourth-order valence-electron chi connectivity index (χ4n) is 3.56. The summed E-state index contributed by atoms with van der Waals surface area (Å²) in [5.41, 5.74) is 1.58. The summed E-state index contributed by atoms with van der Waals surface area (Å²) in [7, 11) is -3.93. The van der Waals surface area contributed by atoms with Gasteiger partial charge in [0.1, 0.15) is 12.4 Å². The molecule has 1 heterocycles. The first-order chi connectivity index (χ1) is 14.3. The molecule has 0 radical (unpaired) electrons. The molecule has 0 saturated heterocycles. The van der Waals surface area contributed by atoms with E-state index in [4.69, 9.17) is 16.3 Å². The van der Waals surface area contributed by atoms with Crippen LogP contribution in [0.15, 0.2) is 77.7 Å². The average Bonchev–Trinajstić information content (AvgIpc) is 2.74. The zero-order chi connectivity index (χ0) is 21.3. The maximum absolute atomic E-state index is 13.0. The number of halogens is 1. The summed E-state index contributed by atoms with van der Waals surface area (Å²) in [6.07, 6.45) is 0. The summed E-state index contributed by atoms with van der Waals surface area (Å²) in [4.78, 5) is 10.2. The zero-order valence-corrected chi connectivity index (χ0v) is 17.1. The number of nitrogens with zero attached hydrogens (tertiary/aromatic N) is 1. The highest BCUT2D eigenvalue weighted by Crippen LogP contribution is 2.39. The summed E-state index contributed by atoms with van der Waals surface area (Å²) >= 11 is 6.02. The van der Waals surface area contributed by atoms with E-state index in [1.54, 1.807) is 12.1 Å². The topological polar surface area (TPSA) is 98.5 Å². The van der Waals surface area contributed by atoms with Crippen LogP contribution >= 0.6 is 11.6 Å². The zero-order valence-electron chi connectivity index (χ0n) is 15.6. The molecular formula is C21H17ClN2O5S. The van der Waals surface area contributed by atoms with Gasteiger partial charge in [0.15, 0.2) is 0 Å². The van der Waals surface area contributed by atoms with Crippen molar-refractivity contribution in [1.82, 2.24) is 4.72 Å². The SMILES string of the molecule is O=[N+]([O-])c1ccc(S(=O)(=O)N[C@@H]2COc3ccccc3[C@H]2c2ccc(Cl)cc2)cc1. The van der Waals surface area contributed by atoms with Crippen LogP contribution in [0.5, 0.6) is 5.75 Å². The Morgan fingerprint density at radius 3 is 2.33 bits per heavy atom. The number of ether oxygens (including phenoxy) is 1. The summed E-state index contributed by atoms with van der Waals surface area (Å²) in [6, 6.07) is 18.9. The van der Waals surface area contributed by atoms with Crippen LogP contribution in [0.2, 0.25) is 5.02 Å². The number of non-ortho nitro benzene ring substituents is 1. The Kier molecular flexibility index (Phi) is 5.46. The molecule has 0 fully saturated rings. The molecule has 0 amide bonds. The second kappa shape index (κ2) is 8.06. The van der Waals surface area contributed by atoms with Crippen molar-refractivity contribution in [2.75, 3.05) is 6.61 Å². The first kappa shape index (κ1) is 20.3. The quantitative estimate of drug-likeness (QED) is 0.471. The van der Waals surface area contributed by atoms with Gasteiger partial charge >= 0.3 is 0 Å². The van der Waals surface area contributed by atoms with E-state index in [0.29, 0.717) is 10.8 Å². The first-order valence-corrected chi connectivity index (χ1v) is 11.0. The fraction of sp³-hybridized carbons (Fsp3) is 0.143. The van der Waals surface area contributed by atoms with Crippen LogP contribution in [-0.2, 0) is 10.0 Å². The van der Waals surface area contributed by atoms with Gasteiger partial charge in [-0.15, -0.1) is 0 Å². The molecule has 0 aromatic heterocycles. The lowest BCUT2D eigenvalue weighted by Crippen LogP contribution is -2.45. The monoisotopic (exact) mass is 444 g/mol. The second-order valence-electron chi connectivity index (χ2n) is 6.86. The van der Waals surface area contributed by atoms with Gasteiger partial charge in [-0.2, -0.15) is 0 Å². The summed E-state index contributed by atoms with van der Waals surface area (Å²) in [5.74, 6) is 0.406. The molecule has 4 rings (SSSR count). The smallest absolute Gasteiger partial charge is 0.269 e. The molecule has 2 atom stereocenters. The van der Waals surface area contributed by atoms with Crippen molar-refractivity contribution in [3.8, 4) is 5.75 Å². The Hall–Kier alpha value is -2.94. The molecule has 0 aliphatic carbocycles. The minimum Gasteiger partial charge on any atom is -0.492 e. The number of sulfonamides is 1. The number of nitro benzene ring substituents is 1. The van der Waals surface area contributed by atoms with Crippen molar-refractivity contribution in [2.24, 2.45) is 0 Å². The standard InChI is InChI=1S/C21H17ClN2O5S/c22-15-7-5-14(6-8-15)21-18-3-1-2-4-20(18)29-13-19(21)23-30(27,28)17-11-9-16(10-12-17)24(25)26/h1-12,19,21,23H,13H2/t19-,21-/m1/s1. The first-order valence-electron chi connectivity index (χ1n) is 9.09. The van der Waals surface area contributed by atoms with Crippen LogP contribution in [0.25, 0.3) is 0 Å². The van der Waals surface area contributed by atoms with Gasteiger partial charge in [-0.1, -0.05) is 41.9 Å². The third-order valence-corrected chi connectivity index (χ3v) is 6.73. The number of hydrogen-bond donors (Lipinski definition) is 1. The van der Waals surface area contributed by atoms with Gasteiger partial charge in [0.25, 0.3) is 5.69 Å². The Morgan fingerprint density at radius 1 is 1.00 bits per heavy atom. The Labute approximate surface area is 178 Å². The van der Waals surface area contributed by atoms with Crippen molar-refractivity contribution in [3.05, 3.63) is 99.1 Å². The van der Waals surface area contributed by atoms with E-state index in [-0.39, 0.29) is 23.1 Å². The molecule has 3 aromatic carbocycles. The van der Waals surface area contributed by atoms with Gasteiger partial charge in [0.05, 0.1) is 15.9 Å². The van der Waals surface area contributed by atoms with Crippen LogP contribution in [-0.4, -0.2) is 26.0 Å². The van der Waals surface area contributed by atoms with Crippen LogP contribution in [0.4, 0.5) is 5.69 Å². The number of benzene rings is 3. The molecule has 1 aliphatic rings. The molecule has 0 bridgehead atoms. The van der Waals surface area contributed by atoms with Crippen molar-refractivity contribution < 1.29 is 18.1 Å². The van der Waals surface area contributed by atoms with Crippen LogP contribution < -0.4 is 9.46 Å². The molecule has 3 aromatic rings. The molecule has 30 heavy (non-hydrogen) atoms. The van der Waals surface area contributed by atoms with Gasteiger partial charge in [-0.05, 0) is 35.9 Å². The molecule has 1 N–H and O–H groups in total. The van der Waals surface area contributed by atoms with Gasteiger partial charge < -0.3 is 4.74 Å². The molecule has 9 heteroatoms. The molecule has 154 valence electrons. The predicted octanol–water partition coefficient (Wildman–Crippen LogP) is 4.12. The largest absolute Gasteiger partial charge is 0.492 e. The molecule has 0 unspecified atom stereocenters. The van der Waals surface area contributed by atoms with Crippen LogP contribution in [0.3, 0.4) is 0 Å². The summed E-state index contributed by atoms with van der Waals surface area (Å²) < 4.78 is 34.4.